The molecule has 0 radical (unpaired) electrons. The van der Waals surface area contributed by atoms with Crippen molar-refractivity contribution in [1.82, 2.24) is 9.80 Å². The molecule has 6 nitrogen and oxygen atoms in total. The molecule has 1 spiro atoms. The zero-order valence-electron chi connectivity index (χ0n) is 20.2. The summed E-state index contributed by atoms with van der Waals surface area (Å²) in [4.78, 5) is 28.5. The number of hydrogen-bond donors (Lipinski definition) is 1. The van der Waals surface area contributed by atoms with E-state index in [1.807, 2.05) is 26.8 Å². The number of piperidine rings is 1. The van der Waals surface area contributed by atoms with Gasteiger partial charge in [-0.15, -0.1) is 0 Å². The molecule has 1 aromatic rings. The Morgan fingerprint density at radius 3 is 2.27 bits per heavy atom. The van der Waals surface area contributed by atoms with E-state index >= 15 is 0 Å². The molecule has 7 heteroatoms. The lowest BCUT2D eigenvalue weighted by atomic mass is 9.78. The number of rotatable bonds is 4. The zero-order valence-corrected chi connectivity index (χ0v) is 20.2. The van der Waals surface area contributed by atoms with E-state index in [9.17, 15) is 19.1 Å². The first-order valence-corrected chi connectivity index (χ1v) is 12.3. The van der Waals surface area contributed by atoms with Gasteiger partial charge in [0.2, 0.25) is 0 Å². The summed E-state index contributed by atoms with van der Waals surface area (Å²) >= 11 is 0. The standard InChI is InChI=1S/C26H37FN2O4/c1-24(2,3)33-22(30)26(8-4-5-9-26)20-15-19(16-21(27)17-20)18-29-12-6-7-25(29)10-13-28(14-11-25)23(31)32/h15-17H,4-14,18H2,1-3H3,(H,31,32). The van der Waals surface area contributed by atoms with E-state index in [-0.39, 0.29) is 17.3 Å². The molecule has 0 unspecified atom stereocenters. The Bertz CT molecular complexity index is 896. The van der Waals surface area contributed by atoms with Crippen molar-refractivity contribution in [3.63, 3.8) is 0 Å². The molecular weight excluding hydrogens is 423 g/mol. The minimum atomic E-state index is -0.854. The number of halogens is 1. The van der Waals surface area contributed by atoms with Crippen LogP contribution in [-0.4, -0.2) is 57.7 Å². The highest BCUT2D eigenvalue weighted by atomic mass is 19.1. The van der Waals surface area contributed by atoms with Crippen molar-refractivity contribution < 1.29 is 23.8 Å². The molecule has 1 amide bonds. The van der Waals surface area contributed by atoms with E-state index in [4.69, 9.17) is 4.74 Å². The molecule has 1 aromatic carbocycles. The van der Waals surface area contributed by atoms with Gasteiger partial charge < -0.3 is 14.7 Å². The first-order chi connectivity index (χ1) is 15.5. The Labute approximate surface area is 196 Å². The minimum Gasteiger partial charge on any atom is -0.465 e. The van der Waals surface area contributed by atoms with Crippen molar-refractivity contribution in [2.24, 2.45) is 0 Å². The number of carbonyl (C=O) groups excluding carboxylic acids is 1. The fourth-order valence-electron chi connectivity index (χ4n) is 6.12. The summed E-state index contributed by atoms with van der Waals surface area (Å²) in [6, 6.07) is 5.11. The fraction of sp³-hybridized carbons (Fsp3) is 0.692. The monoisotopic (exact) mass is 460 g/mol. The summed E-state index contributed by atoms with van der Waals surface area (Å²) in [5.74, 6) is -0.561. The molecule has 1 N–H and O–H groups in total. The molecule has 1 aliphatic carbocycles. The number of hydrogen-bond acceptors (Lipinski definition) is 4. The maximum absolute atomic E-state index is 14.9. The van der Waals surface area contributed by atoms with Crippen LogP contribution < -0.4 is 0 Å². The van der Waals surface area contributed by atoms with E-state index in [1.165, 1.54) is 11.0 Å². The molecule has 3 aliphatic rings. The summed E-state index contributed by atoms with van der Waals surface area (Å²) in [6.45, 7) is 8.23. The number of carboxylic acid groups (broad SMARTS) is 1. The van der Waals surface area contributed by atoms with Crippen LogP contribution in [0.15, 0.2) is 18.2 Å². The predicted molar refractivity (Wildman–Crippen MR) is 124 cm³/mol. The van der Waals surface area contributed by atoms with Gasteiger partial charge in [-0.2, -0.15) is 0 Å². The topological polar surface area (TPSA) is 70.1 Å². The number of esters is 1. The molecular formula is C26H37FN2O4. The smallest absolute Gasteiger partial charge is 0.407 e. The van der Waals surface area contributed by atoms with E-state index in [0.717, 1.165) is 56.2 Å². The van der Waals surface area contributed by atoms with Gasteiger partial charge in [0.1, 0.15) is 11.4 Å². The summed E-state index contributed by atoms with van der Waals surface area (Å²) in [5.41, 5.74) is 0.226. The molecule has 182 valence electrons. The summed E-state index contributed by atoms with van der Waals surface area (Å²) in [7, 11) is 0. The van der Waals surface area contributed by atoms with E-state index < -0.39 is 17.1 Å². The van der Waals surface area contributed by atoms with Crippen LogP contribution in [-0.2, 0) is 21.5 Å². The lowest BCUT2D eigenvalue weighted by Gasteiger charge is -2.44. The Hall–Kier alpha value is -2.15. The number of benzene rings is 1. The quantitative estimate of drug-likeness (QED) is 0.634. The molecule has 0 atom stereocenters. The van der Waals surface area contributed by atoms with Crippen molar-refractivity contribution in [3.05, 3.63) is 35.1 Å². The molecule has 2 aliphatic heterocycles. The third-order valence-electron chi connectivity index (χ3n) is 7.84. The lowest BCUT2D eigenvalue weighted by molar-refractivity contribution is -0.162. The Kier molecular flexibility index (Phi) is 6.47. The summed E-state index contributed by atoms with van der Waals surface area (Å²) < 4.78 is 20.6. The molecule has 1 saturated carbocycles. The second-order valence-electron chi connectivity index (χ2n) is 11.2. The van der Waals surface area contributed by atoms with Gasteiger partial charge in [0.25, 0.3) is 0 Å². The van der Waals surface area contributed by atoms with Crippen molar-refractivity contribution in [2.45, 2.75) is 95.2 Å². The molecule has 2 heterocycles. The third kappa shape index (κ3) is 4.88. The van der Waals surface area contributed by atoms with Gasteiger partial charge in [-0.3, -0.25) is 9.69 Å². The number of ether oxygens (including phenoxy) is 1. The van der Waals surface area contributed by atoms with Crippen LogP contribution in [0.25, 0.3) is 0 Å². The van der Waals surface area contributed by atoms with Gasteiger partial charge in [-0.1, -0.05) is 18.9 Å². The first kappa shape index (κ1) is 24.0. The molecule has 4 rings (SSSR count). The second-order valence-corrected chi connectivity index (χ2v) is 11.2. The average Bonchev–Trinajstić information content (AvgIpc) is 3.36. The Morgan fingerprint density at radius 2 is 1.67 bits per heavy atom. The normalized spacial score (nSPS) is 22.6. The Balaban J connectivity index is 1.57. The van der Waals surface area contributed by atoms with Crippen LogP contribution in [0, 0.1) is 5.82 Å². The maximum Gasteiger partial charge on any atom is 0.407 e. The first-order valence-electron chi connectivity index (χ1n) is 12.3. The van der Waals surface area contributed by atoms with Gasteiger partial charge >= 0.3 is 12.1 Å². The highest BCUT2D eigenvalue weighted by Gasteiger charge is 2.47. The van der Waals surface area contributed by atoms with Crippen LogP contribution in [0.4, 0.5) is 9.18 Å². The van der Waals surface area contributed by atoms with Crippen LogP contribution in [0.3, 0.4) is 0 Å². The minimum absolute atomic E-state index is 0.0192. The number of nitrogens with zero attached hydrogens (tertiary/aromatic N) is 2. The number of carbonyl (C=O) groups is 2. The van der Waals surface area contributed by atoms with Gasteiger partial charge in [-0.25, -0.2) is 9.18 Å². The lowest BCUT2D eigenvalue weighted by Crippen LogP contribution is -2.52. The molecule has 0 aromatic heterocycles. The highest BCUT2D eigenvalue weighted by Crippen LogP contribution is 2.44. The number of amides is 1. The van der Waals surface area contributed by atoms with Gasteiger partial charge in [0.05, 0.1) is 5.41 Å². The van der Waals surface area contributed by atoms with Gasteiger partial charge in [0, 0.05) is 25.2 Å². The van der Waals surface area contributed by atoms with Crippen molar-refractivity contribution >= 4 is 12.1 Å². The average molecular weight is 461 g/mol. The van der Waals surface area contributed by atoms with Crippen LogP contribution >= 0.6 is 0 Å². The van der Waals surface area contributed by atoms with Crippen molar-refractivity contribution in [1.29, 1.82) is 0 Å². The van der Waals surface area contributed by atoms with Gasteiger partial charge in [-0.05, 0) is 89.1 Å². The maximum atomic E-state index is 14.9. The second kappa shape index (κ2) is 8.90. The van der Waals surface area contributed by atoms with Gasteiger partial charge in [0.15, 0.2) is 0 Å². The summed E-state index contributed by atoms with van der Waals surface area (Å²) in [6.07, 6.45) is 6.11. The largest absolute Gasteiger partial charge is 0.465 e. The predicted octanol–water partition coefficient (Wildman–Crippen LogP) is 5.09. The summed E-state index contributed by atoms with van der Waals surface area (Å²) in [5, 5.41) is 9.31. The number of likely N-dealkylation sites (tertiary alicyclic amines) is 2. The van der Waals surface area contributed by atoms with E-state index in [2.05, 4.69) is 4.90 Å². The van der Waals surface area contributed by atoms with Crippen molar-refractivity contribution in [3.8, 4) is 0 Å². The highest BCUT2D eigenvalue weighted by molar-refractivity contribution is 5.84. The van der Waals surface area contributed by atoms with Crippen molar-refractivity contribution in [2.75, 3.05) is 19.6 Å². The van der Waals surface area contributed by atoms with E-state index in [0.29, 0.717) is 32.5 Å². The SMILES string of the molecule is CC(C)(C)OC(=O)C1(c2cc(F)cc(CN3CCCC34CCN(C(=O)O)CC4)c2)CCCC1. The molecule has 33 heavy (non-hydrogen) atoms. The Morgan fingerprint density at radius 1 is 1.00 bits per heavy atom. The van der Waals surface area contributed by atoms with Crippen LogP contribution in [0.2, 0.25) is 0 Å². The molecule has 2 saturated heterocycles. The fourth-order valence-corrected chi connectivity index (χ4v) is 6.12. The zero-order chi connectivity index (χ0) is 23.9. The van der Waals surface area contributed by atoms with Crippen LogP contribution in [0.1, 0.15) is 83.3 Å². The third-order valence-corrected chi connectivity index (χ3v) is 7.84. The molecule has 3 fully saturated rings. The molecule has 0 bridgehead atoms. The van der Waals surface area contributed by atoms with E-state index in [1.54, 1.807) is 6.07 Å². The van der Waals surface area contributed by atoms with Crippen LogP contribution in [0.5, 0.6) is 0 Å².